The number of carbonyl (C=O) groups is 1. The fourth-order valence-electron chi connectivity index (χ4n) is 1.54. The number of rotatable bonds is 3. The highest BCUT2D eigenvalue weighted by Gasteiger charge is 2.52. The van der Waals surface area contributed by atoms with E-state index in [1.54, 1.807) is 6.07 Å². The van der Waals surface area contributed by atoms with E-state index in [9.17, 15) is 9.18 Å². The molecule has 0 bridgehead atoms. The average molecular weight is 317 g/mol. The van der Waals surface area contributed by atoms with E-state index in [1.807, 2.05) is 0 Å². The van der Waals surface area contributed by atoms with Gasteiger partial charge < -0.3 is 11.1 Å². The normalized spacial score (nSPS) is 16.4. The van der Waals surface area contributed by atoms with Crippen LogP contribution in [0.5, 0.6) is 0 Å². The number of thiocarbonyl (C=S) groups is 1. The molecule has 1 fully saturated rings. The fraction of sp³-hybridized carbons (Fsp3) is 0.273. The van der Waals surface area contributed by atoms with Crippen LogP contribution in [-0.4, -0.2) is 10.9 Å². The zero-order valence-corrected chi connectivity index (χ0v) is 11.2. The van der Waals surface area contributed by atoms with Gasteiger partial charge in [-0.05, 0) is 31.0 Å². The zero-order chi connectivity index (χ0) is 12.6. The summed E-state index contributed by atoms with van der Waals surface area (Å²) in [5.41, 5.74) is 4.89. The molecule has 1 aromatic carbocycles. The van der Waals surface area contributed by atoms with E-state index in [2.05, 4.69) is 21.2 Å². The van der Waals surface area contributed by atoms with Crippen LogP contribution in [-0.2, 0) is 4.79 Å². The monoisotopic (exact) mass is 316 g/mol. The number of nitrogens with two attached hydrogens (primary N) is 1. The van der Waals surface area contributed by atoms with Crippen molar-refractivity contribution in [3.05, 3.63) is 28.5 Å². The smallest absolute Gasteiger partial charge is 0.237 e. The van der Waals surface area contributed by atoms with E-state index in [0.717, 1.165) is 0 Å². The molecule has 17 heavy (non-hydrogen) atoms. The summed E-state index contributed by atoms with van der Waals surface area (Å²) in [5.74, 6) is -0.822. The number of hydrogen-bond acceptors (Lipinski definition) is 2. The van der Waals surface area contributed by atoms with Gasteiger partial charge >= 0.3 is 0 Å². The summed E-state index contributed by atoms with van der Waals surface area (Å²) >= 11 is 8.00. The Morgan fingerprint density at radius 2 is 2.18 bits per heavy atom. The van der Waals surface area contributed by atoms with Gasteiger partial charge in [0.1, 0.15) is 5.82 Å². The van der Waals surface area contributed by atoms with Crippen molar-refractivity contribution >= 4 is 44.7 Å². The summed E-state index contributed by atoms with van der Waals surface area (Å²) in [6.07, 6.45) is 1.26. The van der Waals surface area contributed by atoms with Crippen LogP contribution in [0.4, 0.5) is 10.1 Å². The predicted octanol–water partition coefficient (Wildman–Crippen LogP) is 2.59. The van der Waals surface area contributed by atoms with Crippen molar-refractivity contribution in [3.63, 3.8) is 0 Å². The summed E-state index contributed by atoms with van der Waals surface area (Å²) in [5, 5.41) is 2.52. The van der Waals surface area contributed by atoms with Crippen LogP contribution in [0, 0.1) is 11.2 Å². The second-order valence-electron chi connectivity index (χ2n) is 4.02. The van der Waals surface area contributed by atoms with Crippen LogP contribution in [0.2, 0.25) is 0 Å². The van der Waals surface area contributed by atoms with Crippen molar-refractivity contribution in [1.29, 1.82) is 0 Å². The topological polar surface area (TPSA) is 55.1 Å². The first-order valence-electron chi connectivity index (χ1n) is 5.02. The molecule has 1 aromatic rings. The van der Waals surface area contributed by atoms with Crippen molar-refractivity contribution in [2.24, 2.45) is 11.1 Å². The number of carbonyl (C=O) groups excluding carboxylic acids is 1. The molecule has 0 aliphatic heterocycles. The number of amides is 1. The first-order valence-corrected chi connectivity index (χ1v) is 6.22. The van der Waals surface area contributed by atoms with E-state index < -0.39 is 11.2 Å². The second-order valence-corrected chi connectivity index (χ2v) is 5.38. The lowest BCUT2D eigenvalue weighted by molar-refractivity contribution is -0.118. The molecule has 1 saturated carbocycles. The first kappa shape index (κ1) is 12.4. The molecule has 6 heteroatoms. The quantitative estimate of drug-likeness (QED) is 0.843. The van der Waals surface area contributed by atoms with Crippen molar-refractivity contribution in [3.8, 4) is 0 Å². The Morgan fingerprint density at radius 3 is 2.65 bits per heavy atom. The minimum absolute atomic E-state index is 0.140. The van der Waals surface area contributed by atoms with Crippen LogP contribution in [0.25, 0.3) is 0 Å². The second kappa shape index (κ2) is 4.34. The highest BCUT2D eigenvalue weighted by atomic mass is 79.9. The van der Waals surface area contributed by atoms with Crippen LogP contribution in [0.15, 0.2) is 22.7 Å². The SMILES string of the molecule is NC(=S)C1(C(=O)Nc2ccc(Br)cc2F)CC1. The maximum atomic E-state index is 13.5. The van der Waals surface area contributed by atoms with Gasteiger partial charge in [-0.25, -0.2) is 4.39 Å². The van der Waals surface area contributed by atoms with Gasteiger partial charge in [0.2, 0.25) is 5.91 Å². The van der Waals surface area contributed by atoms with Crippen molar-refractivity contribution in [1.82, 2.24) is 0 Å². The lowest BCUT2D eigenvalue weighted by atomic mass is 10.1. The van der Waals surface area contributed by atoms with Crippen molar-refractivity contribution in [2.75, 3.05) is 5.32 Å². The highest BCUT2D eigenvalue weighted by Crippen LogP contribution is 2.46. The Balaban J connectivity index is 2.17. The Labute approximate surface area is 112 Å². The summed E-state index contributed by atoms with van der Waals surface area (Å²) in [6.45, 7) is 0. The molecular formula is C11H10BrFN2OS. The molecule has 0 unspecified atom stereocenters. The summed E-state index contributed by atoms with van der Waals surface area (Å²) in [6, 6.07) is 4.43. The highest BCUT2D eigenvalue weighted by molar-refractivity contribution is 9.10. The van der Waals surface area contributed by atoms with Crippen molar-refractivity contribution in [2.45, 2.75) is 12.8 Å². The molecule has 0 heterocycles. The van der Waals surface area contributed by atoms with Gasteiger partial charge in [-0.2, -0.15) is 0 Å². The zero-order valence-electron chi connectivity index (χ0n) is 8.80. The molecular weight excluding hydrogens is 307 g/mol. The molecule has 3 N–H and O–H groups in total. The summed E-state index contributed by atoms with van der Waals surface area (Å²) < 4.78 is 14.1. The van der Waals surface area contributed by atoms with Crippen LogP contribution < -0.4 is 11.1 Å². The fourth-order valence-corrected chi connectivity index (χ4v) is 2.17. The van der Waals surface area contributed by atoms with E-state index in [0.29, 0.717) is 17.3 Å². The van der Waals surface area contributed by atoms with E-state index in [-0.39, 0.29) is 16.6 Å². The molecule has 0 radical (unpaired) electrons. The molecule has 3 nitrogen and oxygen atoms in total. The minimum Gasteiger partial charge on any atom is -0.392 e. The summed E-state index contributed by atoms with van der Waals surface area (Å²) in [4.78, 5) is 12.1. The number of halogens is 2. The summed E-state index contributed by atoms with van der Waals surface area (Å²) in [7, 11) is 0. The van der Waals surface area contributed by atoms with E-state index in [1.165, 1.54) is 12.1 Å². The minimum atomic E-state index is -0.769. The molecule has 2 rings (SSSR count). The Hall–Kier alpha value is -1.01. The van der Waals surface area contributed by atoms with E-state index in [4.69, 9.17) is 18.0 Å². The van der Waals surface area contributed by atoms with Crippen LogP contribution >= 0.6 is 28.1 Å². The van der Waals surface area contributed by atoms with Crippen molar-refractivity contribution < 1.29 is 9.18 Å². The Kier molecular flexibility index (Phi) is 3.18. The number of benzene rings is 1. The Morgan fingerprint density at radius 1 is 1.53 bits per heavy atom. The third-order valence-corrected chi connectivity index (χ3v) is 3.72. The van der Waals surface area contributed by atoms with Gasteiger partial charge in [0, 0.05) is 4.47 Å². The van der Waals surface area contributed by atoms with Crippen LogP contribution in [0.1, 0.15) is 12.8 Å². The molecule has 0 saturated heterocycles. The van der Waals surface area contributed by atoms with Gasteiger partial charge in [0.15, 0.2) is 0 Å². The molecule has 1 aliphatic carbocycles. The largest absolute Gasteiger partial charge is 0.392 e. The predicted molar refractivity (Wildman–Crippen MR) is 71.2 cm³/mol. The van der Waals surface area contributed by atoms with Gasteiger partial charge in [0.05, 0.1) is 16.1 Å². The molecule has 1 aliphatic rings. The van der Waals surface area contributed by atoms with Gasteiger partial charge in [-0.1, -0.05) is 28.1 Å². The number of hydrogen-bond donors (Lipinski definition) is 2. The average Bonchev–Trinajstić information content (AvgIpc) is 3.02. The maximum Gasteiger partial charge on any atom is 0.237 e. The Bertz CT molecular complexity index is 502. The van der Waals surface area contributed by atoms with E-state index >= 15 is 0 Å². The third-order valence-electron chi connectivity index (χ3n) is 2.84. The lowest BCUT2D eigenvalue weighted by Gasteiger charge is -2.14. The molecule has 0 aromatic heterocycles. The van der Waals surface area contributed by atoms with Gasteiger partial charge in [-0.3, -0.25) is 4.79 Å². The molecule has 1 amide bonds. The third kappa shape index (κ3) is 2.32. The standard InChI is InChI=1S/C11H10BrFN2OS/c12-6-1-2-8(7(13)5-6)15-10(16)11(3-4-11)9(14)17/h1-2,5H,3-4H2,(H2,14,17)(H,15,16). The van der Waals surface area contributed by atoms with Crippen LogP contribution in [0.3, 0.4) is 0 Å². The number of nitrogens with one attached hydrogen (secondary N) is 1. The number of anilines is 1. The molecule has 0 spiro atoms. The molecule has 0 atom stereocenters. The maximum absolute atomic E-state index is 13.5. The lowest BCUT2D eigenvalue weighted by Crippen LogP contribution is -2.35. The van der Waals surface area contributed by atoms with Gasteiger partial charge in [0.25, 0.3) is 0 Å². The first-order chi connectivity index (χ1) is 7.95. The van der Waals surface area contributed by atoms with Gasteiger partial charge in [-0.15, -0.1) is 0 Å². The molecule has 90 valence electrons.